The van der Waals surface area contributed by atoms with Gasteiger partial charge in [0.2, 0.25) is 0 Å². The Morgan fingerprint density at radius 1 is 1.22 bits per heavy atom. The Balaban J connectivity index is 2.45. The molecule has 18 heavy (non-hydrogen) atoms. The molecular weight excluding hydrogens is 230 g/mol. The van der Waals surface area contributed by atoms with Crippen LogP contribution in [0.1, 0.15) is 18.0 Å². The monoisotopic (exact) mass is 249 g/mol. The van der Waals surface area contributed by atoms with Crippen LogP contribution in [-0.2, 0) is 4.74 Å². The maximum atomic E-state index is 5.65. The van der Waals surface area contributed by atoms with Crippen LogP contribution in [-0.4, -0.2) is 27.9 Å². The Bertz CT molecular complexity index is 420. The van der Waals surface area contributed by atoms with E-state index in [-0.39, 0.29) is 6.04 Å². The highest BCUT2D eigenvalue weighted by Crippen LogP contribution is 2.38. The quantitative estimate of drug-likeness (QED) is 0.869. The first-order valence-corrected chi connectivity index (χ1v) is 6.02. The second kappa shape index (κ2) is 5.78. The van der Waals surface area contributed by atoms with E-state index >= 15 is 0 Å². The molecule has 0 bridgehead atoms. The standard InChI is InChI=1S/C14H19NO3/c1-15-14(12-8-5-9-18-12)13-10(16-2)6-4-7-11(13)17-3/h4,6-8,14-15H,5,9H2,1-3H3. The van der Waals surface area contributed by atoms with Crippen LogP contribution in [0.15, 0.2) is 30.0 Å². The Morgan fingerprint density at radius 2 is 1.89 bits per heavy atom. The molecule has 1 aliphatic rings. The molecule has 1 aliphatic heterocycles. The molecule has 4 nitrogen and oxygen atoms in total. The van der Waals surface area contributed by atoms with Gasteiger partial charge in [0.1, 0.15) is 17.3 Å². The van der Waals surface area contributed by atoms with Crippen LogP contribution in [0.3, 0.4) is 0 Å². The number of methoxy groups -OCH3 is 2. The summed E-state index contributed by atoms with van der Waals surface area (Å²) in [5.41, 5.74) is 0.971. The maximum Gasteiger partial charge on any atom is 0.127 e. The van der Waals surface area contributed by atoms with E-state index in [4.69, 9.17) is 14.2 Å². The summed E-state index contributed by atoms with van der Waals surface area (Å²) >= 11 is 0. The van der Waals surface area contributed by atoms with Crippen molar-refractivity contribution in [3.05, 3.63) is 35.6 Å². The van der Waals surface area contributed by atoms with Crippen molar-refractivity contribution in [3.63, 3.8) is 0 Å². The van der Waals surface area contributed by atoms with Gasteiger partial charge in [0.05, 0.1) is 32.4 Å². The molecule has 0 amide bonds. The van der Waals surface area contributed by atoms with Crippen molar-refractivity contribution in [1.82, 2.24) is 5.32 Å². The smallest absolute Gasteiger partial charge is 0.127 e. The van der Waals surface area contributed by atoms with E-state index in [1.54, 1.807) is 14.2 Å². The van der Waals surface area contributed by atoms with Gasteiger partial charge in [-0.25, -0.2) is 0 Å². The fourth-order valence-corrected chi connectivity index (χ4v) is 2.23. The Hall–Kier alpha value is -1.68. The molecule has 1 aromatic rings. The highest BCUT2D eigenvalue weighted by atomic mass is 16.5. The van der Waals surface area contributed by atoms with Gasteiger partial charge < -0.3 is 19.5 Å². The largest absolute Gasteiger partial charge is 0.496 e. The predicted molar refractivity (Wildman–Crippen MR) is 70.0 cm³/mol. The van der Waals surface area contributed by atoms with Crippen molar-refractivity contribution in [2.45, 2.75) is 12.5 Å². The van der Waals surface area contributed by atoms with Crippen molar-refractivity contribution in [3.8, 4) is 11.5 Å². The zero-order chi connectivity index (χ0) is 13.0. The molecule has 0 fully saturated rings. The molecule has 2 rings (SSSR count). The zero-order valence-corrected chi connectivity index (χ0v) is 11.0. The Kier molecular flexibility index (Phi) is 4.10. The maximum absolute atomic E-state index is 5.65. The van der Waals surface area contributed by atoms with Gasteiger partial charge in [-0.3, -0.25) is 0 Å². The molecule has 0 radical (unpaired) electrons. The third kappa shape index (κ3) is 2.29. The number of likely N-dealkylation sites (N-methyl/N-ethyl adjacent to an activating group) is 1. The van der Waals surface area contributed by atoms with Gasteiger partial charge in [-0.1, -0.05) is 6.07 Å². The van der Waals surface area contributed by atoms with Crippen LogP contribution in [0, 0.1) is 0 Å². The van der Waals surface area contributed by atoms with Crippen molar-refractivity contribution in [2.75, 3.05) is 27.9 Å². The third-order valence-electron chi connectivity index (χ3n) is 3.06. The van der Waals surface area contributed by atoms with E-state index in [1.165, 1.54) is 0 Å². The minimum Gasteiger partial charge on any atom is -0.496 e. The molecule has 0 saturated carbocycles. The average molecular weight is 249 g/mol. The summed E-state index contributed by atoms with van der Waals surface area (Å²) in [6.07, 6.45) is 3.05. The van der Waals surface area contributed by atoms with E-state index in [2.05, 4.69) is 11.4 Å². The van der Waals surface area contributed by atoms with Gasteiger partial charge in [0, 0.05) is 6.42 Å². The highest BCUT2D eigenvalue weighted by molar-refractivity contribution is 5.49. The lowest BCUT2D eigenvalue weighted by Crippen LogP contribution is -2.20. The number of hydrogen-bond donors (Lipinski definition) is 1. The molecular formula is C14H19NO3. The SMILES string of the molecule is CNC(C1=CCCO1)c1c(OC)cccc1OC. The van der Waals surface area contributed by atoms with E-state index < -0.39 is 0 Å². The topological polar surface area (TPSA) is 39.7 Å². The van der Waals surface area contributed by atoms with Crippen LogP contribution < -0.4 is 14.8 Å². The van der Waals surface area contributed by atoms with Crippen LogP contribution in [0.4, 0.5) is 0 Å². The Labute approximate surface area is 108 Å². The summed E-state index contributed by atoms with van der Waals surface area (Å²) in [5.74, 6) is 2.52. The van der Waals surface area contributed by atoms with Gasteiger partial charge in [-0.2, -0.15) is 0 Å². The first-order valence-electron chi connectivity index (χ1n) is 6.02. The van der Waals surface area contributed by atoms with Crippen LogP contribution in [0.2, 0.25) is 0 Å². The Morgan fingerprint density at radius 3 is 2.33 bits per heavy atom. The molecule has 1 unspecified atom stereocenters. The van der Waals surface area contributed by atoms with Crippen LogP contribution >= 0.6 is 0 Å². The molecule has 0 spiro atoms. The summed E-state index contributed by atoms with van der Waals surface area (Å²) in [6, 6.07) is 5.73. The minimum absolute atomic E-state index is 0.0430. The van der Waals surface area contributed by atoms with E-state index in [0.29, 0.717) is 0 Å². The molecule has 0 saturated heterocycles. The van der Waals surface area contributed by atoms with Crippen molar-refractivity contribution in [2.24, 2.45) is 0 Å². The number of nitrogens with one attached hydrogen (secondary N) is 1. The number of ether oxygens (including phenoxy) is 3. The van der Waals surface area contributed by atoms with Crippen LogP contribution in [0.5, 0.6) is 11.5 Å². The highest BCUT2D eigenvalue weighted by Gasteiger charge is 2.25. The fraction of sp³-hybridized carbons (Fsp3) is 0.429. The van der Waals surface area contributed by atoms with Gasteiger partial charge >= 0.3 is 0 Å². The summed E-state index contributed by atoms with van der Waals surface area (Å²) in [5, 5.41) is 3.26. The molecule has 0 aliphatic carbocycles. The van der Waals surface area contributed by atoms with Gasteiger partial charge in [-0.15, -0.1) is 0 Å². The van der Waals surface area contributed by atoms with E-state index in [1.807, 2.05) is 25.2 Å². The summed E-state index contributed by atoms with van der Waals surface area (Å²) in [6.45, 7) is 0.741. The third-order valence-corrected chi connectivity index (χ3v) is 3.06. The van der Waals surface area contributed by atoms with Gasteiger partial charge in [-0.05, 0) is 25.3 Å². The molecule has 4 heteroatoms. The van der Waals surface area contributed by atoms with Crippen molar-refractivity contribution in [1.29, 1.82) is 0 Å². The van der Waals surface area contributed by atoms with E-state index in [0.717, 1.165) is 35.8 Å². The lowest BCUT2D eigenvalue weighted by atomic mass is 10.0. The average Bonchev–Trinajstić information content (AvgIpc) is 2.93. The normalized spacial score (nSPS) is 15.8. The number of rotatable bonds is 5. The number of hydrogen-bond acceptors (Lipinski definition) is 4. The summed E-state index contributed by atoms with van der Waals surface area (Å²) in [7, 11) is 5.23. The van der Waals surface area contributed by atoms with Gasteiger partial charge in [0.15, 0.2) is 0 Å². The fourth-order valence-electron chi connectivity index (χ4n) is 2.23. The van der Waals surface area contributed by atoms with Crippen molar-refractivity contribution >= 4 is 0 Å². The second-order valence-corrected chi connectivity index (χ2v) is 4.04. The summed E-state index contributed by atoms with van der Waals surface area (Å²) < 4.78 is 16.5. The first kappa shape index (κ1) is 12.8. The van der Waals surface area contributed by atoms with Gasteiger partial charge in [0.25, 0.3) is 0 Å². The molecule has 0 aromatic heterocycles. The lowest BCUT2D eigenvalue weighted by molar-refractivity contribution is 0.215. The summed E-state index contributed by atoms with van der Waals surface area (Å²) in [4.78, 5) is 0. The van der Waals surface area contributed by atoms with Crippen molar-refractivity contribution < 1.29 is 14.2 Å². The lowest BCUT2D eigenvalue weighted by Gasteiger charge is -2.22. The molecule has 1 N–H and O–H groups in total. The van der Waals surface area contributed by atoms with Crippen LogP contribution in [0.25, 0.3) is 0 Å². The molecule has 1 heterocycles. The molecule has 1 atom stereocenters. The van der Waals surface area contributed by atoms with E-state index in [9.17, 15) is 0 Å². The minimum atomic E-state index is -0.0430. The predicted octanol–water partition coefficient (Wildman–Crippen LogP) is 2.27. The first-order chi connectivity index (χ1) is 8.81. The zero-order valence-electron chi connectivity index (χ0n) is 11.0. The number of benzene rings is 1. The molecule has 1 aromatic carbocycles. The second-order valence-electron chi connectivity index (χ2n) is 4.04. The molecule has 98 valence electrons.